The summed E-state index contributed by atoms with van der Waals surface area (Å²) in [6.45, 7) is 0. The second-order valence-corrected chi connectivity index (χ2v) is 9.87. The van der Waals surface area contributed by atoms with Gasteiger partial charge >= 0.3 is 0 Å². The fraction of sp³-hybridized carbons (Fsp3) is 0. The molecule has 0 N–H and O–H groups in total. The SMILES string of the molecule is c1cc2cc(-c3csc4sc5sccc5c34)sc2s1. The molecule has 0 saturated heterocycles. The highest BCUT2D eigenvalue weighted by Crippen LogP contribution is 2.48. The van der Waals surface area contributed by atoms with E-state index in [0.717, 1.165) is 0 Å². The molecule has 0 aliphatic heterocycles. The summed E-state index contributed by atoms with van der Waals surface area (Å²) < 4.78 is 4.36. The lowest BCUT2D eigenvalue weighted by Crippen LogP contribution is -1.65. The van der Waals surface area contributed by atoms with Crippen molar-refractivity contribution in [3.8, 4) is 10.4 Å². The molecule has 92 valence electrons. The fourth-order valence-electron chi connectivity index (χ4n) is 2.39. The van der Waals surface area contributed by atoms with Gasteiger partial charge in [-0.25, -0.2) is 0 Å². The van der Waals surface area contributed by atoms with Gasteiger partial charge in [0.2, 0.25) is 0 Å². The summed E-state index contributed by atoms with van der Waals surface area (Å²) in [6, 6.07) is 6.83. The van der Waals surface area contributed by atoms with Crippen LogP contribution in [0.25, 0.3) is 38.6 Å². The van der Waals surface area contributed by atoms with Crippen molar-refractivity contribution in [2.45, 2.75) is 0 Å². The maximum absolute atomic E-state index is 2.34. The zero-order valence-electron chi connectivity index (χ0n) is 9.51. The van der Waals surface area contributed by atoms with Crippen LogP contribution in [0.2, 0.25) is 0 Å². The second kappa shape index (κ2) is 3.90. The zero-order chi connectivity index (χ0) is 12.4. The lowest BCUT2D eigenvalue weighted by molar-refractivity contribution is 1.99. The maximum atomic E-state index is 2.34. The van der Waals surface area contributed by atoms with Crippen LogP contribution in [0.1, 0.15) is 0 Å². The summed E-state index contributed by atoms with van der Waals surface area (Å²) in [5, 5.41) is 11.0. The molecule has 0 unspecified atom stereocenters. The molecular formula is C14H6S5. The van der Waals surface area contributed by atoms with Gasteiger partial charge in [-0.05, 0) is 29.0 Å². The molecule has 0 fully saturated rings. The highest BCUT2D eigenvalue weighted by molar-refractivity contribution is 7.48. The Morgan fingerprint density at radius 1 is 0.789 bits per heavy atom. The molecule has 5 aromatic rings. The van der Waals surface area contributed by atoms with Crippen LogP contribution in [-0.2, 0) is 0 Å². The molecule has 0 radical (unpaired) electrons. The Hall–Kier alpha value is -0.720. The Morgan fingerprint density at radius 3 is 2.63 bits per heavy atom. The van der Waals surface area contributed by atoms with Gasteiger partial charge < -0.3 is 0 Å². The molecule has 5 rings (SSSR count). The van der Waals surface area contributed by atoms with Crippen molar-refractivity contribution >= 4 is 84.9 Å². The standard InChI is InChI=1S/C14H6S5/c1-3-15-12-7(1)5-10(18-12)9-6-17-14-11(9)8-2-4-16-13(8)19-14/h1-6H. The predicted molar refractivity (Wildman–Crippen MR) is 93.8 cm³/mol. The van der Waals surface area contributed by atoms with E-state index in [0.29, 0.717) is 0 Å². The molecule has 0 amide bonds. The molecule has 5 aromatic heterocycles. The van der Waals surface area contributed by atoms with E-state index in [9.17, 15) is 0 Å². The topological polar surface area (TPSA) is 0 Å². The van der Waals surface area contributed by atoms with E-state index in [1.807, 2.05) is 56.7 Å². The van der Waals surface area contributed by atoms with Crippen LogP contribution in [0.5, 0.6) is 0 Å². The van der Waals surface area contributed by atoms with Gasteiger partial charge in [0.25, 0.3) is 0 Å². The number of hydrogen-bond donors (Lipinski definition) is 0. The van der Waals surface area contributed by atoms with Crippen LogP contribution < -0.4 is 0 Å². The molecule has 0 spiro atoms. The Morgan fingerprint density at radius 2 is 1.68 bits per heavy atom. The molecule has 0 bridgehead atoms. The molecule has 0 aliphatic rings. The van der Waals surface area contributed by atoms with Crippen molar-refractivity contribution < 1.29 is 0 Å². The Balaban J connectivity index is 1.89. The van der Waals surface area contributed by atoms with E-state index in [1.165, 1.54) is 38.6 Å². The maximum Gasteiger partial charge on any atom is 0.0893 e. The Bertz CT molecular complexity index is 988. The van der Waals surface area contributed by atoms with Gasteiger partial charge in [0.1, 0.15) is 0 Å². The van der Waals surface area contributed by atoms with Gasteiger partial charge in [-0.2, -0.15) is 0 Å². The summed E-state index contributed by atoms with van der Waals surface area (Å²) >= 11 is 9.45. The zero-order valence-corrected chi connectivity index (χ0v) is 13.6. The highest BCUT2D eigenvalue weighted by Gasteiger charge is 2.15. The molecule has 19 heavy (non-hydrogen) atoms. The summed E-state index contributed by atoms with van der Waals surface area (Å²) in [4.78, 5) is 1.42. The lowest BCUT2D eigenvalue weighted by Gasteiger charge is -1.92. The smallest absolute Gasteiger partial charge is 0.0893 e. The molecular weight excluding hydrogens is 328 g/mol. The molecule has 0 aliphatic carbocycles. The lowest BCUT2D eigenvalue weighted by atomic mass is 10.1. The van der Waals surface area contributed by atoms with Gasteiger partial charge in [-0.1, -0.05) is 0 Å². The average Bonchev–Trinajstić information content (AvgIpc) is 3.11. The van der Waals surface area contributed by atoms with Gasteiger partial charge in [-0.3, -0.25) is 0 Å². The normalized spacial score (nSPS) is 12.2. The van der Waals surface area contributed by atoms with E-state index < -0.39 is 0 Å². The number of thiophene rings is 5. The highest BCUT2D eigenvalue weighted by atomic mass is 32.2. The first-order chi connectivity index (χ1) is 9.40. The van der Waals surface area contributed by atoms with Crippen molar-refractivity contribution in [2.24, 2.45) is 0 Å². The first kappa shape index (κ1) is 11.0. The quantitative estimate of drug-likeness (QED) is 0.306. The molecule has 5 heteroatoms. The van der Waals surface area contributed by atoms with Crippen molar-refractivity contribution in [2.75, 3.05) is 0 Å². The summed E-state index contributed by atoms with van der Waals surface area (Å²) in [6.07, 6.45) is 0. The average molecular weight is 335 g/mol. The second-order valence-electron chi connectivity index (χ2n) is 4.31. The van der Waals surface area contributed by atoms with Crippen molar-refractivity contribution in [3.63, 3.8) is 0 Å². The Kier molecular flexibility index (Phi) is 2.26. The third-order valence-electron chi connectivity index (χ3n) is 3.25. The first-order valence-electron chi connectivity index (χ1n) is 5.75. The van der Waals surface area contributed by atoms with Crippen molar-refractivity contribution in [1.82, 2.24) is 0 Å². The van der Waals surface area contributed by atoms with Crippen LogP contribution >= 0.6 is 56.7 Å². The van der Waals surface area contributed by atoms with E-state index in [1.54, 1.807) is 0 Å². The van der Waals surface area contributed by atoms with Gasteiger partial charge in [0.15, 0.2) is 0 Å². The Labute approximate surface area is 129 Å². The number of rotatable bonds is 1. The van der Waals surface area contributed by atoms with E-state index in [4.69, 9.17) is 0 Å². The monoisotopic (exact) mass is 334 g/mol. The van der Waals surface area contributed by atoms with Crippen molar-refractivity contribution in [1.29, 1.82) is 0 Å². The third kappa shape index (κ3) is 1.48. The minimum atomic E-state index is 1.39. The van der Waals surface area contributed by atoms with Crippen LogP contribution in [0.3, 0.4) is 0 Å². The molecule has 0 atom stereocenters. The third-order valence-corrected chi connectivity index (χ3v) is 8.84. The molecule has 0 nitrogen and oxygen atoms in total. The van der Waals surface area contributed by atoms with Gasteiger partial charge in [0.05, 0.1) is 12.0 Å². The molecule has 0 saturated carbocycles. The molecule has 0 aromatic carbocycles. The minimum Gasteiger partial charge on any atom is -0.133 e. The summed E-state index contributed by atoms with van der Waals surface area (Å²) in [7, 11) is 0. The molecule has 5 heterocycles. The predicted octanol–water partition coefficient (Wildman–Crippen LogP) is 7.12. The van der Waals surface area contributed by atoms with Crippen molar-refractivity contribution in [3.05, 3.63) is 34.3 Å². The minimum absolute atomic E-state index is 1.39. The van der Waals surface area contributed by atoms with Crippen LogP contribution in [0.15, 0.2) is 34.3 Å². The largest absolute Gasteiger partial charge is 0.133 e. The fourth-order valence-corrected chi connectivity index (χ4v) is 8.16. The van der Waals surface area contributed by atoms with E-state index in [2.05, 4.69) is 34.3 Å². The number of fused-ring (bicyclic) bond motifs is 4. The summed E-state index contributed by atoms with van der Waals surface area (Å²) in [5.41, 5.74) is 1.43. The number of hydrogen-bond acceptors (Lipinski definition) is 5. The van der Waals surface area contributed by atoms with E-state index in [-0.39, 0.29) is 0 Å². The summed E-state index contributed by atoms with van der Waals surface area (Å²) in [5.74, 6) is 0. The van der Waals surface area contributed by atoms with Gasteiger partial charge in [0, 0.05) is 32.0 Å². The van der Waals surface area contributed by atoms with E-state index >= 15 is 0 Å². The van der Waals surface area contributed by atoms with Crippen LogP contribution in [-0.4, -0.2) is 0 Å². The van der Waals surface area contributed by atoms with Crippen LogP contribution in [0, 0.1) is 0 Å². The van der Waals surface area contributed by atoms with Crippen LogP contribution in [0.4, 0.5) is 0 Å². The van der Waals surface area contributed by atoms with Gasteiger partial charge in [-0.15, -0.1) is 56.7 Å². The first-order valence-corrected chi connectivity index (χ1v) is 10.0.